The van der Waals surface area contributed by atoms with Gasteiger partial charge in [0.05, 0.1) is 0 Å². The van der Waals surface area contributed by atoms with Gasteiger partial charge in [0.1, 0.15) is 7.05 Å². The molecule has 0 N–H and O–H groups in total. The summed E-state index contributed by atoms with van der Waals surface area (Å²) >= 11 is 0. The Balaban J connectivity index is 2.48. The number of pyridine rings is 1. The summed E-state index contributed by atoms with van der Waals surface area (Å²) < 4.78 is 2.06. The van der Waals surface area contributed by atoms with Crippen molar-refractivity contribution in [2.24, 2.45) is 7.05 Å². The predicted molar refractivity (Wildman–Crippen MR) is 53.1 cm³/mol. The third kappa shape index (κ3) is 1.75. The molecule has 0 spiro atoms. The molecule has 1 nitrogen and oxygen atoms in total. The lowest BCUT2D eigenvalue weighted by atomic mass is 10.1. The van der Waals surface area contributed by atoms with E-state index in [1.807, 2.05) is 19.3 Å². The highest BCUT2D eigenvalue weighted by Gasteiger charge is 1.99. The molecule has 0 aliphatic carbocycles. The Labute approximate surface area is 78.3 Å². The Morgan fingerprint density at radius 1 is 0.846 bits per heavy atom. The molecule has 0 unspecified atom stereocenters. The molecule has 0 amide bonds. The lowest BCUT2D eigenvalue weighted by Gasteiger charge is -1.97. The van der Waals surface area contributed by atoms with Crippen LogP contribution in [0, 0.1) is 0 Å². The summed E-state index contributed by atoms with van der Waals surface area (Å²) in [6.45, 7) is 0. The number of nitrogens with zero attached hydrogens (tertiary/aromatic N) is 1. The Morgan fingerprint density at radius 2 is 1.54 bits per heavy atom. The molecular weight excluding hydrogens is 158 g/mol. The van der Waals surface area contributed by atoms with Crippen LogP contribution in [0.1, 0.15) is 0 Å². The lowest BCUT2D eigenvalue weighted by Crippen LogP contribution is -2.26. The zero-order valence-corrected chi connectivity index (χ0v) is 7.64. The SMILES string of the molecule is C[n+]1cccc(-c2ccccc2)c1. The second-order valence-corrected chi connectivity index (χ2v) is 3.12. The summed E-state index contributed by atoms with van der Waals surface area (Å²) in [5, 5.41) is 0. The molecule has 0 bridgehead atoms. The molecule has 0 radical (unpaired) electrons. The Bertz CT molecular complexity index is 393. The number of hydrogen-bond donors (Lipinski definition) is 0. The number of aryl methyl sites for hydroxylation is 1. The van der Waals surface area contributed by atoms with E-state index in [1.165, 1.54) is 11.1 Å². The second-order valence-electron chi connectivity index (χ2n) is 3.12. The molecular formula is C12H12N+. The first-order chi connectivity index (χ1) is 6.36. The largest absolute Gasteiger partial charge is 0.207 e. The van der Waals surface area contributed by atoms with Crippen LogP contribution in [0.5, 0.6) is 0 Å². The van der Waals surface area contributed by atoms with Crippen LogP contribution in [0.4, 0.5) is 0 Å². The third-order valence-electron chi connectivity index (χ3n) is 2.05. The third-order valence-corrected chi connectivity index (χ3v) is 2.05. The summed E-state index contributed by atoms with van der Waals surface area (Å²) in [4.78, 5) is 0. The Hall–Kier alpha value is -1.63. The molecule has 1 aromatic carbocycles. The van der Waals surface area contributed by atoms with Crippen LogP contribution in [0.3, 0.4) is 0 Å². The molecule has 1 heterocycles. The fourth-order valence-corrected chi connectivity index (χ4v) is 1.39. The van der Waals surface area contributed by atoms with Gasteiger partial charge in [-0.05, 0) is 11.6 Å². The highest BCUT2D eigenvalue weighted by Crippen LogP contribution is 2.15. The van der Waals surface area contributed by atoms with E-state index in [9.17, 15) is 0 Å². The highest BCUT2D eigenvalue weighted by atomic mass is 14.9. The summed E-state index contributed by atoms with van der Waals surface area (Å²) in [6, 6.07) is 14.6. The molecule has 1 aromatic heterocycles. The van der Waals surface area contributed by atoms with Gasteiger partial charge in [-0.25, -0.2) is 4.57 Å². The molecule has 0 saturated heterocycles. The maximum atomic E-state index is 2.12. The van der Waals surface area contributed by atoms with Gasteiger partial charge in [-0.2, -0.15) is 0 Å². The monoisotopic (exact) mass is 170 g/mol. The predicted octanol–water partition coefficient (Wildman–Crippen LogP) is 2.18. The Morgan fingerprint density at radius 3 is 2.23 bits per heavy atom. The van der Waals surface area contributed by atoms with E-state index in [1.54, 1.807) is 0 Å². The van der Waals surface area contributed by atoms with Gasteiger partial charge in [-0.15, -0.1) is 0 Å². The van der Waals surface area contributed by atoms with E-state index in [0.29, 0.717) is 0 Å². The number of hydrogen-bond acceptors (Lipinski definition) is 0. The number of rotatable bonds is 1. The molecule has 1 heteroatoms. The molecule has 64 valence electrons. The number of aromatic nitrogens is 1. The van der Waals surface area contributed by atoms with Crippen molar-refractivity contribution in [2.75, 3.05) is 0 Å². The van der Waals surface area contributed by atoms with Gasteiger partial charge in [0, 0.05) is 11.6 Å². The maximum Gasteiger partial charge on any atom is 0.176 e. The van der Waals surface area contributed by atoms with E-state index >= 15 is 0 Å². The van der Waals surface area contributed by atoms with Crippen LogP contribution < -0.4 is 4.57 Å². The standard InChI is InChI=1S/C12H12N/c1-13-9-5-8-12(10-13)11-6-3-2-4-7-11/h2-10H,1H3/q+1. The van der Waals surface area contributed by atoms with Gasteiger partial charge in [-0.1, -0.05) is 30.3 Å². The summed E-state index contributed by atoms with van der Waals surface area (Å²) in [5.74, 6) is 0. The van der Waals surface area contributed by atoms with Crippen LogP contribution in [-0.4, -0.2) is 0 Å². The van der Waals surface area contributed by atoms with E-state index in [4.69, 9.17) is 0 Å². The zero-order valence-electron chi connectivity index (χ0n) is 7.64. The minimum absolute atomic E-state index is 1.26. The zero-order chi connectivity index (χ0) is 9.10. The topological polar surface area (TPSA) is 3.88 Å². The van der Waals surface area contributed by atoms with E-state index < -0.39 is 0 Å². The van der Waals surface area contributed by atoms with Crippen molar-refractivity contribution in [2.45, 2.75) is 0 Å². The molecule has 13 heavy (non-hydrogen) atoms. The van der Waals surface area contributed by atoms with Gasteiger partial charge >= 0.3 is 0 Å². The first-order valence-corrected chi connectivity index (χ1v) is 4.37. The molecule has 2 aromatic rings. The Kier molecular flexibility index (Phi) is 2.09. The highest BCUT2D eigenvalue weighted by molar-refractivity contribution is 5.61. The average molecular weight is 170 g/mol. The molecule has 2 rings (SSSR count). The normalized spacial score (nSPS) is 9.92. The van der Waals surface area contributed by atoms with Gasteiger partial charge in [0.25, 0.3) is 0 Å². The molecule has 0 saturated carbocycles. The van der Waals surface area contributed by atoms with Crippen molar-refractivity contribution in [3.8, 4) is 11.1 Å². The van der Waals surface area contributed by atoms with Gasteiger partial charge in [0.2, 0.25) is 0 Å². The maximum absolute atomic E-state index is 2.12. The van der Waals surface area contributed by atoms with Crippen molar-refractivity contribution in [1.29, 1.82) is 0 Å². The van der Waals surface area contributed by atoms with Crippen LogP contribution in [-0.2, 0) is 7.05 Å². The fourth-order valence-electron chi connectivity index (χ4n) is 1.39. The van der Waals surface area contributed by atoms with Gasteiger partial charge in [-0.3, -0.25) is 0 Å². The van der Waals surface area contributed by atoms with Gasteiger partial charge < -0.3 is 0 Å². The van der Waals surface area contributed by atoms with Crippen LogP contribution in [0.15, 0.2) is 54.9 Å². The van der Waals surface area contributed by atoms with Crippen molar-refractivity contribution in [1.82, 2.24) is 0 Å². The van der Waals surface area contributed by atoms with E-state index in [-0.39, 0.29) is 0 Å². The van der Waals surface area contributed by atoms with Gasteiger partial charge in [0.15, 0.2) is 12.4 Å². The lowest BCUT2D eigenvalue weighted by molar-refractivity contribution is -0.671. The summed E-state index contributed by atoms with van der Waals surface area (Å²) in [5.41, 5.74) is 2.52. The first kappa shape index (κ1) is 7.99. The van der Waals surface area contributed by atoms with E-state index in [2.05, 4.69) is 47.2 Å². The molecule has 0 aliphatic heterocycles. The van der Waals surface area contributed by atoms with Crippen LogP contribution in [0.25, 0.3) is 11.1 Å². The molecule has 0 fully saturated rings. The first-order valence-electron chi connectivity index (χ1n) is 4.37. The van der Waals surface area contributed by atoms with Crippen LogP contribution in [0.2, 0.25) is 0 Å². The smallest absolute Gasteiger partial charge is 0.176 e. The van der Waals surface area contributed by atoms with Crippen molar-refractivity contribution < 1.29 is 4.57 Å². The quantitative estimate of drug-likeness (QED) is 0.577. The van der Waals surface area contributed by atoms with Crippen LogP contribution >= 0.6 is 0 Å². The fraction of sp³-hybridized carbons (Fsp3) is 0.0833. The van der Waals surface area contributed by atoms with Crippen molar-refractivity contribution >= 4 is 0 Å². The molecule has 0 aliphatic rings. The minimum Gasteiger partial charge on any atom is -0.207 e. The summed E-state index contributed by atoms with van der Waals surface area (Å²) in [7, 11) is 2.03. The average Bonchev–Trinajstić information content (AvgIpc) is 2.19. The van der Waals surface area contributed by atoms with Crippen molar-refractivity contribution in [3.05, 3.63) is 54.9 Å². The second kappa shape index (κ2) is 3.40. The summed E-state index contributed by atoms with van der Waals surface area (Å²) in [6.07, 6.45) is 4.15. The molecule has 0 atom stereocenters. The van der Waals surface area contributed by atoms with E-state index in [0.717, 1.165) is 0 Å². The number of benzene rings is 1. The van der Waals surface area contributed by atoms with Crippen molar-refractivity contribution in [3.63, 3.8) is 0 Å². The minimum atomic E-state index is 1.26.